The van der Waals surface area contributed by atoms with Crippen molar-refractivity contribution in [2.24, 2.45) is 5.73 Å². The van der Waals surface area contributed by atoms with Gasteiger partial charge in [-0.15, -0.1) is 0 Å². The molecule has 0 bridgehead atoms. The molecule has 0 saturated heterocycles. The molecule has 4 N–H and O–H groups in total. The third kappa shape index (κ3) is 4.68. The zero-order valence-corrected chi connectivity index (χ0v) is 12.1. The van der Waals surface area contributed by atoms with Crippen LogP contribution in [0.3, 0.4) is 0 Å². The molecule has 0 aliphatic heterocycles. The lowest BCUT2D eigenvalue weighted by Gasteiger charge is -2.07. The van der Waals surface area contributed by atoms with Gasteiger partial charge in [0.05, 0.1) is 0 Å². The van der Waals surface area contributed by atoms with E-state index < -0.39 is 11.8 Å². The Morgan fingerprint density at radius 2 is 1.59 bits per heavy atom. The largest absolute Gasteiger partial charge is 0.344 e. The van der Waals surface area contributed by atoms with Gasteiger partial charge in [-0.25, -0.2) is 0 Å². The predicted molar refractivity (Wildman–Crippen MR) is 82.3 cm³/mol. The zero-order valence-electron chi connectivity index (χ0n) is 12.1. The maximum Gasteiger partial charge on any atom is 0.309 e. The van der Waals surface area contributed by atoms with Crippen LogP contribution in [-0.4, -0.2) is 16.8 Å². The third-order valence-corrected chi connectivity index (χ3v) is 3.06. The fourth-order valence-corrected chi connectivity index (χ4v) is 1.89. The monoisotopic (exact) mass is 298 g/mol. The van der Waals surface area contributed by atoms with Gasteiger partial charge in [0, 0.05) is 32.0 Å². The Kier molecular flexibility index (Phi) is 5.62. The summed E-state index contributed by atoms with van der Waals surface area (Å²) in [5.74, 6) is -1.33. The predicted octanol–water partition coefficient (Wildman–Crippen LogP) is 0.473. The molecule has 0 atom stereocenters. The molecule has 0 aliphatic carbocycles. The Labute approximate surface area is 128 Å². The van der Waals surface area contributed by atoms with Gasteiger partial charge in [-0.2, -0.15) is 0 Å². The number of rotatable bonds is 5. The summed E-state index contributed by atoms with van der Waals surface area (Å²) in [6.45, 7) is 0.989. The van der Waals surface area contributed by atoms with Gasteiger partial charge >= 0.3 is 11.8 Å². The summed E-state index contributed by atoms with van der Waals surface area (Å²) in [6.07, 6.45) is 3.28. The minimum Gasteiger partial charge on any atom is -0.344 e. The number of carbonyl (C=O) groups is 2. The van der Waals surface area contributed by atoms with Gasteiger partial charge in [-0.1, -0.05) is 30.3 Å². The quantitative estimate of drug-likeness (QED) is 0.699. The summed E-state index contributed by atoms with van der Waals surface area (Å²) < 4.78 is 0. The van der Waals surface area contributed by atoms with Gasteiger partial charge < -0.3 is 16.4 Å². The first-order valence-electron chi connectivity index (χ1n) is 6.92. The van der Waals surface area contributed by atoms with E-state index in [-0.39, 0.29) is 13.1 Å². The molecule has 0 aliphatic rings. The van der Waals surface area contributed by atoms with Crippen LogP contribution in [0.5, 0.6) is 0 Å². The molecule has 114 valence electrons. The Hall–Kier alpha value is -2.73. The topological polar surface area (TPSA) is 97.1 Å². The van der Waals surface area contributed by atoms with Crippen LogP contribution in [0.1, 0.15) is 16.7 Å². The number of hydrogen-bond donors (Lipinski definition) is 3. The van der Waals surface area contributed by atoms with Crippen LogP contribution >= 0.6 is 0 Å². The van der Waals surface area contributed by atoms with Gasteiger partial charge in [0.15, 0.2) is 0 Å². The Bertz CT molecular complexity index is 644. The molecule has 0 saturated carbocycles. The summed E-state index contributed by atoms with van der Waals surface area (Å²) in [7, 11) is 0. The highest BCUT2D eigenvalue weighted by atomic mass is 16.2. The number of nitrogens with two attached hydrogens (primary N) is 1. The number of nitrogens with one attached hydrogen (secondary N) is 2. The summed E-state index contributed by atoms with van der Waals surface area (Å²) in [4.78, 5) is 27.4. The number of pyridine rings is 1. The molecule has 1 heterocycles. The molecule has 0 fully saturated rings. The summed E-state index contributed by atoms with van der Waals surface area (Å²) in [5, 5.41) is 5.13. The average molecular weight is 298 g/mol. The van der Waals surface area contributed by atoms with Crippen molar-refractivity contribution in [3.05, 3.63) is 65.5 Å². The van der Waals surface area contributed by atoms with Crippen molar-refractivity contribution >= 4 is 11.8 Å². The van der Waals surface area contributed by atoms with Gasteiger partial charge in [0.1, 0.15) is 0 Å². The smallest absolute Gasteiger partial charge is 0.309 e. The summed E-state index contributed by atoms with van der Waals surface area (Å²) in [6, 6.07) is 11.1. The number of hydrogen-bond acceptors (Lipinski definition) is 4. The fourth-order valence-electron chi connectivity index (χ4n) is 1.89. The molecule has 1 aromatic heterocycles. The van der Waals surface area contributed by atoms with Crippen LogP contribution in [0, 0.1) is 0 Å². The Morgan fingerprint density at radius 1 is 0.955 bits per heavy atom. The van der Waals surface area contributed by atoms with Crippen LogP contribution in [0.2, 0.25) is 0 Å². The van der Waals surface area contributed by atoms with E-state index in [1.54, 1.807) is 18.5 Å². The molecular weight excluding hydrogens is 280 g/mol. The van der Waals surface area contributed by atoms with Gasteiger partial charge in [-0.3, -0.25) is 14.6 Å². The van der Waals surface area contributed by atoms with Gasteiger partial charge in [0.25, 0.3) is 0 Å². The van der Waals surface area contributed by atoms with E-state index in [4.69, 9.17) is 5.73 Å². The maximum absolute atomic E-state index is 11.7. The van der Waals surface area contributed by atoms with Gasteiger partial charge in [0.2, 0.25) is 0 Å². The number of aromatic nitrogens is 1. The highest BCUT2D eigenvalue weighted by Crippen LogP contribution is 2.04. The second-order valence-electron chi connectivity index (χ2n) is 4.75. The lowest BCUT2D eigenvalue weighted by atomic mass is 10.1. The van der Waals surface area contributed by atoms with Crippen LogP contribution in [0.25, 0.3) is 0 Å². The number of carbonyl (C=O) groups excluding carboxylic acids is 2. The number of amides is 2. The van der Waals surface area contributed by atoms with Crippen LogP contribution < -0.4 is 16.4 Å². The van der Waals surface area contributed by atoms with Crippen LogP contribution in [-0.2, 0) is 29.2 Å². The van der Waals surface area contributed by atoms with E-state index in [0.29, 0.717) is 6.54 Å². The van der Waals surface area contributed by atoms with Crippen molar-refractivity contribution in [2.45, 2.75) is 19.6 Å². The summed E-state index contributed by atoms with van der Waals surface area (Å²) >= 11 is 0. The Morgan fingerprint density at radius 3 is 2.23 bits per heavy atom. The highest BCUT2D eigenvalue weighted by Gasteiger charge is 2.12. The highest BCUT2D eigenvalue weighted by molar-refractivity contribution is 6.35. The maximum atomic E-state index is 11.7. The second kappa shape index (κ2) is 7.90. The number of nitrogens with zero attached hydrogens (tertiary/aromatic N) is 1. The van der Waals surface area contributed by atoms with Crippen LogP contribution in [0.15, 0.2) is 48.8 Å². The SMILES string of the molecule is NCc1cccc(CNC(=O)C(=O)NCc2cccnc2)c1. The minimum absolute atomic E-state index is 0.267. The van der Waals surface area contributed by atoms with E-state index in [2.05, 4.69) is 15.6 Å². The van der Waals surface area contributed by atoms with E-state index in [1.807, 2.05) is 30.3 Å². The lowest BCUT2D eigenvalue weighted by molar-refractivity contribution is -0.139. The average Bonchev–Trinajstić information content (AvgIpc) is 2.58. The lowest BCUT2D eigenvalue weighted by Crippen LogP contribution is -2.39. The first-order chi connectivity index (χ1) is 10.7. The molecule has 2 aromatic rings. The molecule has 0 spiro atoms. The molecule has 0 radical (unpaired) electrons. The molecule has 6 heteroatoms. The zero-order chi connectivity index (χ0) is 15.8. The van der Waals surface area contributed by atoms with Crippen molar-refractivity contribution in [1.82, 2.24) is 15.6 Å². The van der Waals surface area contributed by atoms with Crippen molar-refractivity contribution < 1.29 is 9.59 Å². The molecular formula is C16H18N4O2. The van der Waals surface area contributed by atoms with E-state index in [0.717, 1.165) is 16.7 Å². The van der Waals surface area contributed by atoms with Crippen LogP contribution in [0.4, 0.5) is 0 Å². The molecule has 2 rings (SSSR count). The van der Waals surface area contributed by atoms with Crippen molar-refractivity contribution in [2.75, 3.05) is 0 Å². The summed E-state index contributed by atoms with van der Waals surface area (Å²) in [5.41, 5.74) is 8.27. The first kappa shape index (κ1) is 15.7. The van der Waals surface area contributed by atoms with Crippen molar-refractivity contribution in [3.63, 3.8) is 0 Å². The molecule has 0 unspecified atom stereocenters. The second-order valence-corrected chi connectivity index (χ2v) is 4.75. The first-order valence-corrected chi connectivity index (χ1v) is 6.92. The van der Waals surface area contributed by atoms with E-state index in [1.165, 1.54) is 0 Å². The Balaban J connectivity index is 1.80. The molecule has 2 amide bonds. The molecule has 22 heavy (non-hydrogen) atoms. The molecule has 6 nitrogen and oxygen atoms in total. The third-order valence-electron chi connectivity index (χ3n) is 3.06. The number of benzene rings is 1. The standard InChI is InChI=1S/C16H18N4O2/c17-8-12-3-1-4-13(7-12)10-19-15(21)16(22)20-11-14-5-2-6-18-9-14/h1-7,9H,8,10-11,17H2,(H,19,21)(H,20,22). The van der Waals surface area contributed by atoms with Crippen molar-refractivity contribution in [1.29, 1.82) is 0 Å². The van der Waals surface area contributed by atoms with E-state index >= 15 is 0 Å². The van der Waals surface area contributed by atoms with Crippen molar-refractivity contribution in [3.8, 4) is 0 Å². The van der Waals surface area contributed by atoms with E-state index in [9.17, 15) is 9.59 Å². The minimum atomic E-state index is -0.668. The fraction of sp³-hybridized carbons (Fsp3) is 0.188. The van der Waals surface area contributed by atoms with Gasteiger partial charge in [-0.05, 0) is 22.8 Å². The molecule has 1 aromatic carbocycles. The normalized spacial score (nSPS) is 10.0.